The molecule has 1 aromatic heterocycles. The standard InChI is InChI=1S/C14H20N4OS/c1-2-7-11-12(20-18-17-11)13(19)16-14(10-15)8-5-3-4-6-9-14/h2-9H2,1H3,(H,16,19). The Morgan fingerprint density at radius 3 is 2.70 bits per heavy atom. The third-order valence-electron chi connectivity index (χ3n) is 3.77. The number of aromatic nitrogens is 2. The molecule has 1 aromatic rings. The predicted octanol–water partition coefficient (Wildman–Crippen LogP) is 2.84. The maximum absolute atomic E-state index is 12.4. The highest BCUT2D eigenvalue weighted by molar-refractivity contribution is 7.08. The van der Waals surface area contributed by atoms with Crippen LogP contribution in [0.15, 0.2) is 0 Å². The lowest BCUT2D eigenvalue weighted by Crippen LogP contribution is -2.47. The van der Waals surface area contributed by atoms with Gasteiger partial charge in [-0.05, 0) is 30.8 Å². The molecule has 1 fully saturated rings. The molecule has 5 nitrogen and oxygen atoms in total. The normalized spacial score (nSPS) is 18.0. The third-order valence-corrected chi connectivity index (χ3v) is 4.54. The van der Waals surface area contributed by atoms with Crippen LogP contribution in [-0.2, 0) is 6.42 Å². The number of nitriles is 1. The van der Waals surface area contributed by atoms with Crippen molar-refractivity contribution in [2.24, 2.45) is 0 Å². The Balaban J connectivity index is 2.12. The van der Waals surface area contributed by atoms with E-state index in [4.69, 9.17) is 0 Å². The van der Waals surface area contributed by atoms with E-state index in [0.29, 0.717) is 4.88 Å². The van der Waals surface area contributed by atoms with Crippen LogP contribution in [0.4, 0.5) is 0 Å². The second-order valence-electron chi connectivity index (χ2n) is 5.36. The van der Waals surface area contributed by atoms with Crippen molar-refractivity contribution < 1.29 is 4.79 Å². The van der Waals surface area contributed by atoms with E-state index in [9.17, 15) is 10.1 Å². The van der Waals surface area contributed by atoms with Gasteiger partial charge in [0.2, 0.25) is 0 Å². The zero-order chi connectivity index (χ0) is 14.4. The van der Waals surface area contributed by atoms with Crippen LogP contribution in [0, 0.1) is 11.3 Å². The monoisotopic (exact) mass is 292 g/mol. The summed E-state index contributed by atoms with van der Waals surface area (Å²) in [7, 11) is 0. The zero-order valence-electron chi connectivity index (χ0n) is 11.8. The van der Waals surface area contributed by atoms with Crippen molar-refractivity contribution in [3.63, 3.8) is 0 Å². The first-order valence-corrected chi connectivity index (χ1v) is 8.03. The molecule has 1 saturated carbocycles. The fraction of sp³-hybridized carbons (Fsp3) is 0.714. The van der Waals surface area contributed by atoms with E-state index in [0.717, 1.165) is 68.6 Å². The molecule has 0 atom stereocenters. The average Bonchev–Trinajstić information content (AvgIpc) is 2.78. The Morgan fingerprint density at radius 2 is 2.10 bits per heavy atom. The van der Waals surface area contributed by atoms with Gasteiger partial charge in [0.25, 0.3) is 5.91 Å². The number of carbonyl (C=O) groups is 1. The summed E-state index contributed by atoms with van der Waals surface area (Å²) in [5, 5.41) is 16.5. The van der Waals surface area contributed by atoms with Gasteiger partial charge in [0, 0.05) is 0 Å². The minimum atomic E-state index is -0.707. The molecule has 1 amide bonds. The SMILES string of the molecule is CCCc1nnsc1C(=O)NC1(C#N)CCCCCC1. The van der Waals surface area contributed by atoms with Gasteiger partial charge in [0.1, 0.15) is 10.4 Å². The number of aryl methyl sites for hydroxylation is 1. The van der Waals surface area contributed by atoms with Crippen molar-refractivity contribution in [1.82, 2.24) is 14.9 Å². The van der Waals surface area contributed by atoms with Crippen LogP contribution in [0.25, 0.3) is 0 Å². The van der Waals surface area contributed by atoms with Gasteiger partial charge in [-0.25, -0.2) is 0 Å². The first-order chi connectivity index (χ1) is 9.71. The van der Waals surface area contributed by atoms with Gasteiger partial charge >= 0.3 is 0 Å². The Hall–Kier alpha value is -1.48. The topological polar surface area (TPSA) is 78.7 Å². The average molecular weight is 292 g/mol. The summed E-state index contributed by atoms with van der Waals surface area (Å²) in [5.74, 6) is -0.188. The van der Waals surface area contributed by atoms with Crippen LogP contribution in [0.5, 0.6) is 0 Å². The van der Waals surface area contributed by atoms with Crippen LogP contribution in [0.1, 0.15) is 67.2 Å². The molecule has 0 aromatic carbocycles. The van der Waals surface area contributed by atoms with Gasteiger partial charge in [-0.3, -0.25) is 4.79 Å². The largest absolute Gasteiger partial charge is 0.333 e. The maximum Gasteiger partial charge on any atom is 0.266 e. The number of rotatable bonds is 4. The molecule has 1 aliphatic rings. The number of hydrogen-bond donors (Lipinski definition) is 1. The van der Waals surface area contributed by atoms with Crippen molar-refractivity contribution in [2.45, 2.75) is 63.8 Å². The highest BCUT2D eigenvalue weighted by Gasteiger charge is 2.33. The van der Waals surface area contributed by atoms with Gasteiger partial charge in [0.05, 0.1) is 11.8 Å². The Morgan fingerprint density at radius 1 is 1.40 bits per heavy atom. The summed E-state index contributed by atoms with van der Waals surface area (Å²) in [4.78, 5) is 13.0. The van der Waals surface area contributed by atoms with Gasteiger partial charge < -0.3 is 5.32 Å². The molecule has 2 rings (SSSR count). The molecule has 0 saturated heterocycles. The van der Waals surface area contributed by atoms with Gasteiger partial charge in [0.15, 0.2) is 0 Å². The molecule has 6 heteroatoms. The van der Waals surface area contributed by atoms with Crippen LogP contribution < -0.4 is 5.32 Å². The lowest BCUT2D eigenvalue weighted by atomic mass is 9.91. The van der Waals surface area contributed by atoms with Crippen molar-refractivity contribution in [3.8, 4) is 6.07 Å². The second-order valence-corrected chi connectivity index (χ2v) is 6.12. The molecule has 0 aliphatic heterocycles. The summed E-state index contributed by atoms with van der Waals surface area (Å²) < 4.78 is 3.87. The van der Waals surface area contributed by atoms with E-state index in [1.165, 1.54) is 0 Å². The predicted molar refractivity (Wildman–Crippen MR) is 77.4 cm³/mol. The van der Waals surface area contributed by atoms with E-state index < -0.39 is 5.54 Å². The Bertz CT molecular complexity index is 498. The molecular weight excluding hydrogens is 272 g/mol. The summed E-state index contributed by atoms with van der Waals surface area (Å²) in [6.45, 7) is 2.04. The second kappa shape index (κ2) is 6.80. The molecule has 0 spiro atoms. The number of nitrogens with zero attached hydrogens (tertiary/aromatic N) is 3. The number of carbonyl (C=O) groups excluding carboxylic acids is 1. The van der Waals surface area contributed by atoms with Crippen LogP contribution in [0.3, 0.4) is 0 Å². The summed E-state index contributed by atoms with van der Waals surface area (Å²) in [6.07, 6.45) is 7.43. The van der Waals surface area contributed by atoms with Gasteiger partial charge in [-0.15, -0.1) is 5.10 Å². The van der Waals surface area contributed by atoms with Crippen molar-refractivity contribution in [3.05, 3.63) is 10.6 Å². The van der Waals surface area contributed by atoms with Crippen molar-refractivity contribution in [2.75, 3.05) is 0 Å². The fourth-order valence-electron chi connectivity index (χ4n) is 2.65. The lowest BCUT2D eigenvalue weighted by molar-refractivity contribution is 0.0916. The summed E-state index contributed by atoms with van der Waals surface area (Å²) >= 11 is 1.12. The molecule has 108 valence electrons. The minimum Gasteiger partial charge on any atom is -0.333 e. The molecule has 0 radical (unpaired) electrons. The maximum atomic E-state index is 12.4. The molecule has 0 bridgehead atoms. The van der Waals surface area contributed by atoms with E-state index in [-0.39, 0.29) is 5.91 Å². The quantitative estimate of drug-likeness (QED) is 0.865. The lowest BCUT2D eigenvalue weighted by Gasteiger charge is -2.26. The van der Waals surface area contributed by atoms with E-state index in [1.54, 1.807) is 0 Å². The van der Waals surface area contributed by atoms with Crippen LogP contribution in [0.2, 0.25) is 0 Å². The first kappa shape index (κ1) is 14.9. The minimum absolute atomic E-state index is 0.188. The number of nitrogens with one attached hydrogen (secondary N) is 1. The number of hydrogen-bond acceptors (Lipinski definition) is 5. The highest BCUT2D eigenvalue weighted by atomic mass is 32.1. The van der Waals surface area contributed by atoms with Crippen molar-refractivity contribution in [1.29, 1.82) is 5.26 Å². The van der Waals surface area contributed by atoms with Crippen LogP contribution >= 0.6 is 11.5 Å². The summed E-state index contributed by atoms with van der Waals surface area (Å²) in [5.41, 5.74) is 0.0397. The Kier molecular flexibility index (Phi) is 5.07. The highest BCUT2D eigenvalue weighted by Crippen LogP contribution is 2.27. The molecule has 0 unspecified atom stereocenters. The van der Waals surface area contributed by atoms with E-state index in [2.05, 4.69) is 21.0 Å². The van der Waals surface area contributed by atoms with Crippen molar-refractivity contribution >= 4 is 17.4 Å². The molecule has 20 heavy (non-hydrogen) atoms. The number of amides is 1. The molecular formula is C14H20N4OS. The molecule has 1 heterocycles. The molecule has 1 aliphatic carbocycles. The molecule has 1 N–H and O–H groups in total. The first-order valence-electron chi connectivity index (χ1n) is 7.26. The fourth-order valence-corrected chi connectivity index (χ4v) is 3.26. The van der Waals surface area contributed by atoms with Crippen LogP contribution in [-0.4, -0.2) is 21.0 Å². The Labute approximate surface area is 123 Å². The zero-order valence-corrected chi connectivity index (χ0v) is 12.6. The van der Waals surface area contributed by atoms with E-state index in [1.807, 2.05) is 6.92 Å². The smallest absolute Gasteiger partial charge is 0.266 e. The third kappa shape index (κ3) is 3.34. The van der Waals surface area contributed by atoms with Gasteiger partial charge in [-0.1, -0.05) is 43.5 Å². The summed E-state index contributed by atoms with van der Waals surface area (Å²) in [6, 6.07) is 2.33. The van der Waals surface area contributed by atoms with Gasteiger partial charge in [-0.2, -0.15) is 5.26 Å². The van der Waals surface area contributed by atoms with E-state index >= 15 is 0 Å².